The number of hydrogen-bond donors (Lipinski definition) is 0. The zero-order valence-corrected chi connectivity index (χ0v) is 18.6. The Bertz CT molecular complexity index is 967. The summed E-state index contributed by atoms with van der Waals surface area (Å²) in [6, 6.07) is 2.51. The lowest BCUT2D eigenvalue weighted by molar-refractivity contribution is -0.385. The van der Waals surface area contributed by atoms with E-state index in [9.17, 15) is 33.7 Å². The lowest BCUT2D eigenvalue weighted by Gasteiger charge is -2.43. The number of hydrogen-bond acceptors (Lipinski definition) is 12. The zero-order chi connectivity index (χ0) is 25.6. The molecule has 0 aliphatic carbocycles. The highest BCUT2D eigenvalue weighted by molar-refractivity contribution is 5.68. The van der Waals surface area contributed by atoms with E-state index >= 15 is 0 Å². The van der Waals surface area contributed by atoms with Crippen LogP contribution in [0.15, 0.2) is 18.2 Å². The van der Waals surface area contributed by atoms with E-state index in [0.29, 0.717) is 6.07 Å². The summed E-state index contributed by atoms with van der Waals surface area (Å²) in [5, 5.41) is 10.9. The average Bonchev–Trinajstić information content (AvgIpc) is 2.71. The van der Waals surface area contributed by atoms with E-state index in [0.717, 1.165) is 39.8 Å². The molecule has 0 radical (unpaired) electrons. The number of non-ortho nitro benzene ring substituents is 1. The molecule has 0 bridgehead atoms. The molecule has 0 aromatic heterocycles. The average molecular weight is 487 g/mol. The molecule has 0 amide bonds. The molecule has 1 aliphatic heterocycles. The lowest BCUT2D eigenvalue weighted by Crippen LogP contribution is -2.63. The van der Waals surface area contributed by atoms with E-state index in [1.807, 2.05) is 0 Å². The first kappa shape index (κ1) is 26.4. The summed E-state index contributed by atoms with van der Waals surface area (Å²) in [4.78, 5) is 56.6. The van der Waals surface area contributed by atoms with Crippen molar-refractivity contribution < 1.29 is 56.9 Å². The van der Waals surface area contributed by atoms with Gasteiger partial charge in [-0.3, -0.25) is 29.3 Å². The van der Waals surface area contributed by atoms with E-state index < -0.39 is 83.4 Å². The van der Waals surface area contributed by atoms with Gasteiger partial charge in [-0.05, 0) is 6.07 Å². The summed E-state index contributed by atoms with van der Waals surface area (Å²) in [6.45, 7) is 3.73. The predicted molar refractivity (Wildman–Crippen MR) is 106 cm³/mol. The molecular formula is C20H22FNO12. The Kier molecular flexibility index (Phi) is 8.83. The van der Waals surface area contributed by atoms with Crippen LogP contribution >= 0.6 is 0 Å². The molecule has 34 heavy (non-hydrogen) atoms. The fourth-order valence-electron chi connectivity index (χ4n) is 3.11. The number of nitro benzene ring substituents is 1. The van der Waals surface area contributed by atoms with Crippen molar-refractivity contribution in [2.75, 3.05) is 6.61 Å². The minimum Gasteiger partial charge on any atom is -0.463 e. The van der Waals surface area contributed by atoms with Crippen LogP contribution in [-0.4, -0.2) is 66.1 Å². The molecule has 1 fully saturated rings. The quantitative estimate of drug-likeness (QED) is 0.223. The van der Waals surface area contributed by atoms with Crippen LogP contribution in [0.5, 0.6) is 5.75 Å². The molecule has 186 valence electrons. The van der Waals surface area contributed by atoms with Crippen molar-refractivity contribution in [1.82, 2.24) is 0 Å². The number of esters is 4. The van der Waals surface area contributed by atoms with Gasteiger partial charge in [-0.15, -0.1) is 0 Å². The van der Waals surface area contributed by atoms with E-state index in [1.165, 1.54) is 0 Å². The molecule has 5 atom stereocenters. The maximum absolute atomic E-state index is 14.4. The van der Waals surface area contributed by atoms with Gasteiger partial charge in [-0.2, -0.15) is 0 Å². The topological polar surface area (TPSA) is 167 Å². The Morgan fingerprint density at radius 3 is 2.00 bits per heavy atom. The predicted octanol–water partition coefficient (Wildman–Crippen LogP) is 1.20. The van der Waals surface area contributed by atoms with E-state index in [4.69, 9.17) is 28.4 Å². The van der Waals surface area contributed by atoms with E-state index in [1.54, 1.807) is 0 Å². The Hall–Kier alpha value is -3.81. The Labute approximate surface area is 192 Å². The highest BCUT2D eigenvalue weighted by Gasteiger charge is 2.53. The van der Waals surface area contributed by atoms with Crippen molar-refractivity contribution >= 4 is 29.6 Å². The second-order valence-corrected chi connectivity index (χ2v) is 7.06. The number of ether oxygens (including phenoxy) is 6. The third-order valence-corrected chi connectivity index (χ3v) is 4.32. The fourth-order valence-corrected chi connectivity index (χ4v) is 3.11. The number of benzene rings is 1. The summed E-state index contributed by atoms with van der Waals surface area (Å²) in [6.07, 6.45) is -7.46. The largest absolute Gasteiger partial charge is 0.463 e. The van der Waals surface area contributed by atoms with E-state index in [2.05, 4.69) is 0 Å². The van der Waals surface area contributed by atoms with Gasteiger partial charge in [-0.25, -0.2) is 4.39 Å². The third-order valence-electron chi connectivity index (χ3n) is 4.32. The first-order chi connectivity index (χ1) is 15.9. The maximum atomic E-state index is 14.4. The summed E-state index contributed by atoms with van der Waals surface area (Å²) < 4.78 is 46.1. The molecule has 0 unspecified atom stereocenters. The molecule has 1 aliphatic rings. The molecule has 1 saturated heterocycles. The van der Waals surface area contributed by atoms with Gasteiger partial charge in [0.1, 0.15) is 12.7 Å². The van der Waals surface area contributed by atoms with Gasteiger partial charge < -0.3 is 28.4 Å². The van der Waals surface area contributed by atoms with Crippen LogP contribution in [0.25, 0.3) is 0 Å². The van der Waals surface area contributed by atoms with Gasteiger partial charge in [-0.1, -0.05) is 0 Å². The minimum atomic E-state index is -1.67. The molecule has 1 aromatic carbocycles. The van der Waals surface area contributed by atoms with Crippen LogP contribution in [0.1, 0.15) is 27.7 Å². The van der Waals surface area contributed by atoms with Crippen LogP contribution in [-0.2, 0) is 42.9 Å². The smallest absolute Gasteiger partial charge is 0.303 e. The Morgan fingerprint density at radius 2 is 1.50 bits per heavy atom. The SMILES string of the molecule is CC(=O)OC[C@H]1O[C@@H](Oc2ccc([N+](=O)[O-])cc2F)[C@H](OC(C)=O)[C@@H](OC(C)=O)[C@H]1OC(C)=O. The summed E-state index contributed by atoms with van der Waals surface area (Å²) in [5.41, 5.74) is -0.550. The van der Waals surface area contributed by atoms with Gasteiger partial charge in [0.15, 0.2) is 23.8 Å². The first-order valence-electron chi connectivity index (χ1n) is 9.80. The Balaban J connectivity index is 2.49. The van der Waals surface area contributed by atoms with Crippen molar-refractivity contribution in [3.63, 3.8) is 0 Å². The zero-order valence-electron chi connectivity index (χ0n) is 18.6. The molecule has 1 heterocycles. The molecule has 2 rings (SSSR count). The van der Waals surface area contributed by atoms with Gasteiger partial charge in [0, 0.05) is 33.8 Å². The van der Waals surface area contributed by atoms with Crippen LogP contribution in [0.2, 0.25) is 0 Å². The molecule has 1 aromatic rings. The molecule has 14 heteroatoms. The molecule has 0 saturated carbocycles. The number of rotatable bonds is 8. The van der Waals surface area contributed by atoms with Crippen LogP contribution in [0.4, 0.5) is 10.1 Å². The lowest BCUT2D eigenvalue weighted by atomic mass is 9.98. The number of nitro groups is 1. The van der Waals surface area contributed by atoms with Crippen molar-refractivity contribution in [2.45, 2.75) is 58.4 Å². The Morgan fingerprint density at radius 1 is 0.941 bits per heavy atom. The first-order valence-corrected chi connectivity index (χ1v) is 9.80. The highest BCUT2D eigenvalue weighted by atomic mass is 19.1. The van der Waals surface area contributed by atoms with Crippen molar-refractivity contribution in [1.29, 1.82) is 0 Å². The van der Waals surface area contributed by atoms with Gasteiger partial charge in [0.05, 0.1) is 11.0 Å². The van der Waals surface area contributed by atoms with Gasteiger partial charge in [0.2, 0.25) is 12.4 Å². The van der Waals surface area contributed by atoms with Crippen molar-refractivity contribution in [2.24, 2.45) is 0 Å². The minimum absolute atomic E-state index is 0.500. The van der Waals surface area contributed by atoms with Crippen LogP contribution in [0, 0.1) is 15.9 Å². The normalized spacial score (nSPS) is 23.9. The summed E-state index contributed by atoms with van der Waals surface area (Å²) in [5.74, 6) is -4.92. The van der Waals surface area contributed by atoms with Gasteiger partial charge >= 0.3 is 23.9 Å². The second-order valence-electron chi connectivity index (χ2n) is 7.06. The fraction of sp³-hybridized carbons (Fsp3) is 0.500. The third kappa shape index (κ3) is 7.10. The van der Waals surface area contributed by atoms with Crippen molar-refractivity contribution in [3.05, 3.63) is 34.1 Å². The molecule has 0 spiro atoms. The number of carbonyl (C=O) groups is 4. The monoisotopic (exact) mass is 487 g/mol. The highest BCUT2D eigenvalue weighted by Crippen LogP contribution is 2.32. The number of carbonyl (C=O) groups excluding carboxylic acids is 4. The maximum Gasteiger partial charge on any atom is 0.303 e. The molecular weight excluding hydrogens is 465 g/mol. The summed E-state index contributed by atoms with van der Waals surface area (Å²) >= 11 is 0. The van der Waals surface area contributed by atoms with E-state index in [-0.39, 0.29) is 0 Å². The van der Waals surface area contributed by atoms with Crippen LogP contribution in [0.3, 0.4) is 0 Å². The standard InChI is InChI=1S/C20H22FNO12/c1-9(23)29-8-16-17(30-10(2)24)18(31-11(3)25)19(32-12(4)26)20(34-16)33-15-6-5-13(22(27)28)7-14(15)21/h5-7,16-20H,8H2,1-4H3/t16-,17+,18+,19-,20-/m1/s1. The molecule has 13 nitrogen and oxygen atoms in total. The summed E-state index contributed by atoms with van der Waals surface area (Å²) in [7, 11) is 0. The van der Waals surface area contributed by atoms with Crippen LogP contribution < -0.4 is 4.74 Å². The molecule has 0 N–H and O–H groups in total. The van der Waals surface area contributed by atoms with Gasteiger partial charge in [0.25, 0.3) is 5.69 Å². The number of halogens is 1. The second kappa shape index (κ2) is 11.4. The number of nitrogens with zero attached hydrogens (tertiary/aromatic N) is 1. The van der Waals surface area contributed by atoms with Crippen molar-refractivity contribution in [3.8, 4) is 5.75 Å².